The van der Waals surface area contributed by atoms with Crippen LogP contribution in [-0.4, -0.2) is 31.2 Å². The van der Waals surface area contributed by atoms with Crippen molar-refractivity contribution in [3.63, 3.8) is 0 Å². The zero-order valence-corrected chi connectivity index (χ0v) is 11.9. The van der Waals surface area contributed by atoms with E-state index in [4.69, 9.17) is 20.1 Å². The van der Waals surface area contributed by atoms with Gasteiger partial charge in [-0.05, 0) is 24.6 Å². The van der Waals surface area contributed by atoms with E-state index in [9.17, 15) is 9.59 Å². The van der Waals surface area contributed by atoms with Crippen LogP contribution in [0.15, 0.2) is 24.3 Å². The Morgan fingerprint density at radius 1 is 1.43 bits per heavy atom. The first-order valence-electron chi connectivity index (χ1n) is 6.22. The van der Waals surface area contributed by atoms with Crippen molar-refractivity contribution in [1.29, 1.82) is 10.7 Å². The first-order chi connectivity index (χ1) is 9.99. The predicted molar refractivity (Wildman–Crippen MR) is 74.9 cm³/mol. The average molecular weight is 288 g/mol. The molecule has 1 aromatic rings. The number of hydrogen-bond acceptors (Lipinski definition) is 6. The molecule has 0 aliphatic rings. The molecule has 1 rings (SSSR count). The van der Waals surface area contributed by atoms with Gasteiger partial charge in [0.15, 0.2) is 12.4 Å². The molecule has 0 fully saturated rings. The van der Waals surface area contributed by atoms with Crippen LogP contribution in [0.5, 0.6) is 0 Å². The molecule has 1 atom stereocenters. The fourth-order valence-corrected chi connectivity index (χ4v) is 1.67. The maximum atomic E-state index is 11.8. The quantitative estimate of drug-likeness (QED) is 0.608. The van der Waals surface area contributed by atoms with E-state index in [0.29, 0.717) is 12.2 Å². The number of esters is 1. The molecule has 6 heteroatoms. The Morgan fingerprint density at radius 3 is 2.71 bits per heavy atom. The minimum atomic E-state index is -1.17. The van der Waals surface area contributed by atoms with Crippen LogP contribution in [0, 0.1) is 22.7 Å². The fourth-order valence-electron chi connectivity index (χ4n) is 1.67. The number of carbonyl (C=O) groups excluding carboxylic acids is 2. The number of ether oxygens (including phenoxy) is 2. The fraction of sp³-hybridized carbons (Fsp3) is 0.333. The van der Waals surface area contributed by atoms with E-state index in [1.165, 1.54) is 6.92 Å². The molecule has 21 heavy (non-hydrogen) atoms. The number of methoxy groups -OCH3 is 1. The van der Waals surface area contributed by atoms with Gasteiger partial charge in [0.1, 0.15) is 5.92 Å². The molecule has 0 aromatic heterocycles. The molecular formula is C15H16N2O4. The molecule has 6 nitrogen and oxygen atoms in total. The number of carbonyl (C=O) groups is 2. The van der Waals surface area contributed by atoms with Gasteiger partial charge in [-0.25, -0.2) is 4.79 Å². The SMILES string of the molecule is COCc1cccc(C(=O)OCC(=O)C(C#N)C(C)=N)c1. The summed E-state index contributed by atoms with van der Waals surface area (Å²) in [5, 5.41) is 16.1. The molecule has 0 aliphatic heterocycles. The molecular weight excluding hydrogens is 272 g/mol. The topological polar surface area (TPSA) is 100 Å². The Morgan fingerprint density at radius 2 is 2.14 bits per heavy atom. The van der Waals surface area contributed by atoms with Crippen LogP contribution in [0.3, 0.4) is 0 Å². The van der Waals surface area contributed by atoms with Crippen LogP contribution in [0.2, 0.25) is 0 Å². The number of benzene rings is 1. The third-order valence-electron chi connectivity index (χ3n) is 2.70. The van der Waals surface area contributed by atoms with Gasteiger partial charge in [0, 0.05) is 12.8 Å². The summed E-state index contributed by atoms with van der Waals surface area (Å²) in [6.45, 7) is 1.20. The maximum absolute atomic E-state index is 11.8. The summed E-state index contributed by atoms with van der Waals surface area (Å²) in [5.41, 5.74) is 1.04. The van der Waals surface area contributed by atoms with Crippen molar-refractivity contribution in [3.05, 3.63) is 35.4 Å². The minimum absolute atomic E-state index is 0.0689. The number of nitriles is 1. The summed E-state index contributed by atoms with van der Waals surface area (Å²) in [4.78, 5) is 23.5. The van der Waals surface area contributed by atoms with Crippen LogP contribution in [0.4, 0.5) is 0 Å². The summed E-state index contributed by atoms with van der Waals surface area (Å²) in [5.74, 6) is -2.43. The zero-order chi connectivity index (χ0) is 15.8. The number of rotatable bonds is 7. The molecule has 0 saturated carbocycles. The van der Waals surface area contributed by atoms with Crippen molar-refractivity contribution in [2.45, 2.75) is 13.5 Å². The third-order valence-corrected chi connectivity index (χ3v) is 2.70. The lowest BCUT2D eigenvalue weighted by atomic mass is 10.0. The molecule has 0 heterocycles. The smallest absolute Gasteiger partial charge is 0.338 e. The lowest BCUT2D eigenvalue weighted by Gasteiger charge is -2.08. The van der Waals surface area contributed by atoms with E-state index >= 15 is 0 Å². The van der Waals surface area contributed by atoms with Crippen LogP contribution in [0.1, 0.15) is 22.8 Å². The lowest BCUT2D eigenvalue weighted by Crippen LogP contribution is -2.25. The van der Waals surface area contributed by atoms with Crippen molar-refractivity contribution < 1.29 is 19.1 Å². The molecule has 1 N–H and O–H groups in total. The van der Waals surface area contributed by atoms with E-state index in [2.05, 4.69) is 0 Å². The molecule has 0 aliphatic carbocycles. The summed E-state index contributed by atoms with van der Waals surface area (Å²) in [6, 6.07) is 8.37. The molecule has 0 spiro atoms. The number of Topliss-reactive ketones (excluding diaryl/α,β-unsaturated/α-hetero) is 1. The van der Waals surface area contributed by atoms with Gasteiger partial charge in [-0.2, -0.15) is 5.26 Å². The first-order valence-corrected chi connectivity index (χ1v) is 6.22. The van der Waals surface area contributed by atoms with E-state index < -0.39 is 24.3 Å². The average Bonchev–Trinajstić information content (AvgIpc) is 2.45. The largest absolute Gasteiger partial charge is 0.454 e. The van der Waals surface area contributed by atoms with Gasteiger partial charge >= 0.3 is 5.97 Å². The molecule has 0 radical (unpaired) electrons. The van der Waals surface area contributed by atoms with Gasteiger partial charge in [-0.15, -0.1) is 0 Å². The van der Waals surface area contributed by atoms with E-state index in [0.717, 1.165) is 5.56 Å². The second-order valence-electron chi connectivity index (χ2n) is 4.42. The molecule has 0 bridgehead atoms. The Kier molecular flexibility index (Phi) is 6.24. The Hall–Kier alpha value is -2.52. The summed E-state index contributed by atoms with van der Waals surface area (Å²) in [7, 11) is 1.55. The van der Waals surface area contributed by atoms with Gasteiger partial charge in [0.25, 0.3) is 0 Å². The maximum Gasteiger partial charge on any atom is 0.338 e. The van der Waals surface area contributed by atoms with Crippen LogP contribution in [0.25, 0.3) is 0 Å². The standard InChI is InChI=1S/C15H16N2O4/c1-10(17)13(7-16)14(18)9-21-15(19)12-5-3-4-11(6-12)8-20-2/h3-6,13,17H,8-9H2,1-2H3. The Balaban J connectivity index is 2.66. The van der Waals surface area contributed by atoms with Crippen LogP contribution in [-0.2, 0) is 20.9 Å². The lowest BCUT2D eigenvalue weighted by molar-refractivity contribution is -0.122. The third kappa shape index (κ3) is 4.82. The highest BCUT2D eigenvalue weighted by molar-refractivity contribution is 6.06. The highest BCUT2D eigenvalue weighted by atomic mass is 16.5. The highest BCUT2D eigenvalue weighted by Gasteiger charge is 2.21. The second kappa shape index (κ2) is 7.92. The van der Waals surface area contributed by atoms with Crippen molar-refractivity contribution in [3.8, 4) is 6.07 Å². The minimum Gasteiger partial charge on any atom is -0.454 e. The van der Waals surface area contributed by atoms with Crippen molar-refractivity contribution >= 4 is 17.5 Å². The van der Waals surface area contributed by atoms with Crippen molar-refractivity contribution in [2.24, 2.45) is 5.92 Å². The number of ketones is 1. The molecule has 1 unspecified atom stereocenters. The van der Waals surface area contributed by atoms with E-state index in [1.54, 1.807) is 37.4 Å². The van der Waals surface area contributed by atoms with Crippen molar-refractivity contribution in [1.82, 2.24) is 0 Å². The van der Waals surface area contributed by atoms with Gasteiger partial charge in [0.2, 0.25) is 0 Å². The molecule has 0 saturated heterocycles. The predicted octanol–water partition coefficient (Wildman–Crippen LogP) is 1.74. The first kappa shape index (κ1) is 16.5. The van der Waals surface area contributed by atoms with Gasteiger partial charge in [0.05, 0.1) is 18.2 Å². The molecule has 0 amide bonds. The molecule has 1 aromatic carbocycles. The highest BCUT2D eigenvalue weighted by Crippen LogP contribution is 2.08. The Labute approximate surface area is 122 Å². The number of hydrogen-bond donors (Lipinski definition) is 1. The number of nitrogens with one attached hydrogen (secondary N) is 1. The zero-order valence-electron chi connectivity index (χ0n) is 11.9. The monoisotopic (exact) mass is 288 g/mol. The second-order valence-corrected chi connectivity index (χ2v) is 4.42. The van der Waals surface area contributed by atoms with E-state index in [-0.39, 0.29) is 5.71 Å². The van der Waals surface area contributed by atoms with Crippen LogP contribution >= 0.6 is 0 Å². The van der Waals surface area contributed by atoms with Crippen LogP contribution < -0.4 is 0 Å². The number of nitrogens with zero attached hydrogens (tertiary/aromatic N) is 1. The summed E-state index contributed by atoms with van der Waals surface area (Å²) >= 11 is 0. The summed E-state index contributed by atoms with van der Waals surface area (Å²) < 4.78 is 9.85. The van der Waals surface area contributed by atoms with E-state index in [1.807, 2.05) is 0 Å². The van der Waals surface area contributed by atoms with Gasteiger partial charge in [-0.3, -0.25) is 4.79 Å². The van der Waals surface area contributed by atoms with Gasteiger partial charge in [-0.1, -0.05) is 12.1 Å². The molecule has 110 valence electrons. The normalized spacial score (nSPS) is 11.3. The Bertz CT molecular complexity index is 590. The van der Waals surface area contributed by atoms with Gasteiger partial charge < -0.3 is 14.9 Å². The van der Waals surface area contributed by atoms with Crippen molar-refractivity contribution in [2.75, 3.05) is 13.7 Å². The summed E-state index contributed by atoms with van der Waals surface area (Å²) in [6.07, 6.45) is 0.